The van der Waals surface area contributed by atoms with Gasteiger partial charge < -0.3 is 4.42 Å². The molecule has 0 aliphatic carbocycles. The number of hydrogen-bond acceptors (Lipinski definition) is 3. The molecule has 0 bridgehead atoms. The molecule has 0 fully saturated rings. The van der Waals surface area contributed by atoms with Gasteiger partial charge in [0.15, 0.2) is 5.82 Å². The zero-order valence-corrected chi connectivity index (χ0v) is 28.8. The first kappa shape index (κ1) is 30.7. The standard InChI is InChI=1S/C50H32N2O/c1-4-14-33(15-5-1)37-28-38(36-24-27-49-45(31-36)44-22-12-13-23-48(44)53-49)30-39(29-37)46-32-47(52-50(51-46)35-18-8-3-9-19-35)43-26-25-40(34-16-6-2-7-17-34)41-20-10-11-21-42(41)43/h1-32H. The Morgan fingerprint density at radius 1 is 0.283 bits per heavy atom. The van der Waals surface area contributed by atoms with Gasteiger partial charge in [0.05, 0.1) is 11.4 Å². The second-order valence-corrected chi connectivity index (χ2v) is 13.4. The smallest absolute Gasteiger partial charge is 0.160 e. The van der Waals surface area contributed by atoms with Gasteiger partial charge in [0, 0.05) is 27.5 Å². The van der Waals surface area contributed by atoms with Gasteiger partial charge in [-0.05, 0) is 86.6 Å². The summed E-state index contributed by atoms with van der Waals surface area (Å²) in [5, 5.41) is 4.55. The molecule has 10 rings (SSSR count). The van der Waals surface area contributed by atoms with E-state index in [2.05, 4.69) is 164 Å². The van der Waals surface area contributed by atoms with Crippen molar-refractivity contribution < 1.29 is 4.42 Å². The number of fused-ring (bicyclic) bond motifs is 4. The van der Waals surface area contributed by atoms with E-state index in [4.69, 9.17) is 14.4 Å². The topological polar surface area (TPSA) is 38.9 Å². The lowest BCUT2D eigenvalue weighted by Crippen LogP contribution is -1.97. The maximum absolute atomic E-state index is 6.19. The molecule has 3 nitrogen and oxygen atoms in total. The molecular formula is C50H32N2O. The predicted molar refractivity (Wildman–Crippen MR) is 219 cm³/mol. The first-order valence-electron chi connectivity index (χ1n) is 17.9. The second kappa shape index (κ2) is 12.9. The van der Waals surface area contributed by atoms with Crippen LogP contribution in [0.1, 0.15) is 0 Å². The van der Waals surface area contributed by atoms with E-state index in [-0.39, 0.29) is 0 Å². The van der Waals surface area contributed by atoms with Gasteiger partial charge in [0.2, 0.25) is 0 Å². The average Bonchev–Trinajstić information content (AvgIpc) is 3.62. The minimum absolute atomic E-state index is 0.687. The number of furan rings is 1. The SMILES string of the molecule is c1ccc(-c2cc(-c3ccc4oc5ccccc5c4c3)cc(-c3cc(-c4ccc(-c5ccccc5)c5ccccc45)nc(-c4ccccc4)n3)c2)cc1. The summed E-state index contributed by atoms with van der Waals surface area (Å²) >= 11 is 0. The highest BCUT2D eigenvalue weighted by Crippen LogP contribution is 2.39. The minimum atomic E-state index is 0.687. The van der Waals surface area contributed by atoms with Gasteiger partial charge in [0.1, 0.15) is 11.2 Å². The van der Waals surface area contributed by atoms with Crippen LogP contribution >= 0.6 is 0 Å². The predicted octanol–water partition coefficient (Wildman–Crippen LogP) is 13.5. The summed E-state index contributed by atoms with van der Waals surface area (Å²) in [6, 6.07) is 68.1. The van der Waals surface area contributed by atoms with Crippen molar-refractivity contribution in [2.24, 2.45) is 0 Å². The van der Waals surface area contributed by atoms with Gasteiger partial charge >= 0.3 is 0 Å². The van der Waals surface area contributed by atoms with Gasteiger partial charge in [0.25, 0.3) is 0 Å². The zero-order valence-electron chi connectivity index (χ0n) is 28.8. The number of para-hydroxylation sites is 1. The molecule has 10 aromatic rings. The van der Waals surface area contributed by atoms with E-state index in [0.717, 1.165) is 77.7 Å². The normalized spacial score (nSPS) is 11.4. The molecule has 0 unspecified atom stereocenters. The molecule has 2 heterocycles. The van der Waals surface area contributed by atoms with Crippen molar-refractivity contribution in [3.63, 3.8) is 0 Å². The van der Waals surface area contributed by atoms with Gasteiger partial charge in [-0.3, -0.25) is 0 Å². The molecule has 0 saturated carbocycles. The molecule has 0 aliphatic heterocycles. The summed E-state index contributed by atoms with van der Waals surface area (Å²) < 4.78 is 6.19. The molecule has 0 spiro atoms. The number of rotatable bonds is 6. The van der Waals surface area contributed by atoms with Crippen LogP contribution in [0.2, 0.25) is 0 Å². The maximum atomic E-state index is 6.19. The highest BCUT2D eigenvalue weighted by molar-refractivity contribution is 6.07. The summed E-state index contributed by atoms with van der Waals surface area (Å²) in [6.07, 6.45) is 0. The third kappa shape index (κ3) is 5.65. The number of benzene rings is 8. The van der Waals surface area contributed by atoms with Gasteiger partial charge in [-0.15, -0.1) is 0 Å². The van der Waals surface area contributed by atoms with Crippen LogP contribution in [-0.4, -0.2) is 9.97 Å². The van der Waals surface area contributed by atoms with Crippen molar-refractivity contribution in [3.8, 4) is 67.3 Å². The quantitative estimate of drug-likeness (QED) is 0.176. The van der Waals surface area contributed by atoms with Crippen LogP contribution in [-0.2, 0) is 0 Å². The van der Waals surface area contributed by atoms with Crippen molar-refractivity contribution in [2.75, 3.05) is 0 Å². The Labute approximate surface area is 307 Å². The lowest BCUT2D eigenvalue weighted by Gasteiger charge is -2.15. The highest BCUT2D eigenvalue weighted by Gasteiger charge is 2.17. The summed E-state index contributed by atoms with van der Waals surface area (Å²) in [7, 11) is 0. The fourth-order valence-corrected chi connectivity index (χ4v) is 7.49. The summed E-state index contributed by atoms with van der Waals surface area (Å²) in [6.45, 7) is 0. The van der Waals surface area contributed by atoms with Crippen LogP contribution in [0.4, 0.5) is 0 Å². The van der Waals surface area contributed by atoms with Crippen LogP contribution < -0.4 is 0 Å². The second-order valence-electron chi connectivity index (χ2n) is 13.4. The molecule has 0 saturated heterocycles. The van der Waals surface area contributed by atoms with Crippen molar-refractivity contribution in [1.82, 2.24) is 9.97 Å². The molecule has 0 amide bonds. The fraction of sp³-hybridized carbons (Fsp3) is 0. The molecule has 0 radical (unpaired) electrons. The van der Waals surface area contributed by atoms with Gasteiger partial charge in [-0.2, -0.15) is 0 Å². The average molecular weight is 677 g/mol. The summed E-state index contributed by atoms with van der Waals surface area (Å²) in [5.74, 6) is 0.687. The Balaban J connectivity index is 1.20. The first-order chi connectivity index (χ1) is 26.2. The molecule has 248 valence electrons. The van der Waals surface area contributed by atoms with Crippen LogP contribution in [0, 0.1) is 0 Å². The maximum Gasteiger partial charge on any atom is 0.160 e. The Morgan fingerprint density at radius 2 is 0.811 bits per heavy atom. The van der Waals surface area contributed by atoms with Crippen molar-refractivity contribution in [1.29, 1.82) is 0 Å². The lowest BCUT2D eigenvalue weighted by molar-refractivity contribution is 0.669. The fourth-order valence-electron chi connectivity index (χ4n) is 7.49. The van der Waals surface area contributed by atoms with Crippen molar-refractivity contribution >= 4 is 32.7 Å². The lowest BCUT2D eigenvalue weighted by atomic mass is 9.92. The van der Waals surface area contributed by atoms with E-state index < -0.39 is 0 Å². The number of nitrogens with zero attached hydrogens (tertiary/aromatic N) is 2. The molecule has 0 aliphatic rings. The van der Waals surface area contributed by atoms with Crippen molar-refractivity contribution in [3.05, 3.63) is 194 Å². The van der Waals surface area contributed by atoms with Crippen LogP contribution in [0.5, 0.6) is 0 Å². The molecule has 8 aromatic carbocycles. The van der Waals surface area contributed by atoms with E-state index in [9.17, 15) is 0 Å². The zero-order chi connectivity index (χ0) is 35.1. The molecule has 2 aromatic heterocycles. The largest absolute Gasteiger partial charge is 0.456 e. The Morgan fingerprint density at radius 3 is 1.55 bits per heavy atom. The van der Waals surface area contributed by atoms with Gasteiger partial charge in [-0.1, -0.05) is 152 Å². The minimum Gasteiger partial charge on any atom is -0.456 e. The molecule has 0 N–H and O–H groups in total. The highest BCUT2D eigenvalue weighted by atomic mass is 16.3. The van der Waals surface area contributed by atoms with E-state index in [1.807, 2.05) is 30.3 Å². The van der Waals surface area contributed by atoms with E-state index in [1.165, 1.54) is 16.5 Å². The number of hydrogen-bond donors (Lipinski definition) is 0. The van der Waals surface area contributed by atoms with E-state index >= 15 is 0 Å². The molecule has 53 heavy (non-hydrogen) atoms. The van der Waals surface area contributed by atoms with Crippen LogP contribution in [0.3, 0.4) is 0 Å². The Bertz CT molecular complexity index is 2930. The third-order valence-corrected chi connectivity index (χ3v) is 10.1. The molecular weight excluding hydrogens is 645 g/mol. The first-order valence-corrected chi connectivity index (χ1v) is 17.9. The van der Waals surface area contributed by atoms with Crippen LogP contribution in [0.25, 0.3) is 100.0 Å². The van der Waals surface area contributed by atoms with E-state index in [0.29, 0.717) is 5.82 Å². The van der Waals surface area contributed by atoms with Gasteiger partial charge in [-0.25, -0.2) is 9.97 Å². The number of aromatic nitrogens is 2. The summed E-state index contributed by atoms with van der Waals surface area (Å²) in [5.41, 5.74) is 13.4. The molecule has 3 heteroatoms. The Kier molecular flexibility index (Phi) is 7.47. The molecule has 0 atom stereocenters. The third-order valence-electron chi connectivity index (χ3n) is 10.1. The summed E-state index contributed by atoms with van der Waals surface area (Å²) in [4.78, 5) is 10.5. The Hall–Kier alpha value is -7.10. The van der Waals surface area contributed by atoms with Crippen molar-refractivity contribution in [2.45, 2.75) is 0 Å². The van der Waals surface area contributed by atoms with E-state index in [1.54, 1.807) is 0 Å². The van der Waals surface area contributed by atoms with Crippen LogP contribution in [0.15, 0.2) is 199 Å². The monoisotopic (exact) mass is 676 g/mol.